The fraction of sp³-hybridized carbons (Fsp3) is 0.895. The van der Waals surface area contributed by atoms with E-state index in [1.165, 1.54) is 32.1 Å². The SMILES string of the molecule is CCC(=CC1CCC(C(C)(C)C)CC1)CNCC(C)C. The van der Waals surface area contributed by atoms with Crippen molar-refractivity contribution in [1.29, 1.82) is 0 Å². The highest BCUT2D eigenvalue weighted by molar-refractivity contribution is 5.07. The second-order valence-corrected chi connectivity index (χ2v) is 8.18. The van der Waals surface area contributed by atoms with Gasteiger partial charge in [0.2, 0.25) is 0 Å². The average molecular weight is 280 g/mol. The van der Waals surface area contributed by atoms with Crippen LogP contribution in [0.15, 0.2) is 11.6 Å². The molecule has 1 fully saturated rings. The van der Waals surface area contributed by atoms with Gasteiger partial charge in [0.05, 0.1) is 0 Å². The number of hydrogen-bond donors (Lipinski definition) is 1. The van der Waals surface area contributed by atoms with Crippen LogP contribution < -0.4 is 5.32 Å². The summed E-state index contributed by atoms with van der Waals surface area (Å²) in [5.74, 6) is 2.51. The summed E-state index contributed by atoms with van der Waals surface area (Å²) in [5, 5.41) is 3.59. The van der Waals surface area contributed by atoms with Gasteiger partial charge in [0.15, 0.2) is 0 Å². The summed E-state index contributed by atoms with van der Waals surface area (Å²) < 4.78 is 0. The third kappa shape index (κ3) is 6.43. The van der Waals surface area contributed by atoms with E-state index in [1.807, 2.05) is 0 Å². The Kier molecular flexibility index (Phi) is 7.29. The molecule has 0 radical (unpaired) electrons. The van der Waals surface area contributed by atoms with Gasteiger partial charge >= 0.3 is 0 Å². The van der Waals surface area contributed by atoms with Crippen molar-refractivity contribution in [3.05, 3.63) is 11.6 Å². The molecule has 0 bridgehead atoms. The molecule has 0 aromatic heterocycles. The summed E-state index contributed by atoms with van der Waals surface area (Å²) in [6.45, 7) is 16.3. The van der Waals surface area contributed by atoms with Crippen LogP contribution in [0, 0.1) is 23.2 Å². The number of nitrogens with one attached hydrogen (secondary N) is 1. The van der Waals surface area contributed by atoms with E-state index in [2.05, 4.69) is 52.9 Å². The Morgan fingerprint density at radius 2 is 1.75 bits per heavy atom. The molecule has 118 valence electrons. The summed E-state index contributed by atoms with van der Waals surface area (Å²) in [5.41, 5.74) is 2.12. The lowest BCUT2D eigenvalue weighted by atomic mass is 9.69. The van der Waals surface area contributed by atoms with Crippen LogP contribution in [0.4, 0.5) is 0 Å². The molecule has 0 atom stereocenters. The topological polar surface area (TPSA) is 12.0 Å². The van der Waals surface area contributed by atoms with Gasteiger partial charge in [0, 0.05) is 6.54 Å². The first-order valence-corrected chi connectivity index (χ1v) is 8.73. The Hall–Kier alpha value is -0.300. The minimum atomic E-state index is 0.501. The molecule has 0 spiro atoms. The Morgan fingerprint density at radius 1 is 1.15 bits per heavy atom. The summed E-state index contributed by atoms with van der Waals surface area (Å²) in [6, 6.07) is 0. The molecule has 0 amide bonds. The molecule has 1 saturated carbocycles. The Bertz CT molecular complexity index is 287. The smallest absolute Gasteiger partial charge is 0.0164 e. The van der Waals surface area contributed by atoms with Crippen LogP contribution in [0.5, 0.6) is 0 Å². The third-order valence-electron chi connectivity index (χ3n) is 4.83. The standard InChI is InChI=1S/C19H37N/c1-7-16(14-20-13-15(2)3)12-17-8-10-18(11-9-17)19(4,5)6/h12,15,17-18,20H,7-11,13-14H2,1-6H3. The van der Waals surface area contributed by atoms with Crippen molar-refractivity contribution in [3.8, 4) is 0 Å². The molecule has 0 aliphatic heterocycles. The Balaban J connectivity index is 2.40. The largest absolute Gasteiger partial charge is 0.313 e. The Morgan fingerprint density at radius 3 is 2.20 bits per heavy atom. The molecule has 1 heteroatoms. The highest BCUT2D eigenvalue weighted by Gasteiger charge is 2.28. The molecule has 20 heavy (non-hydrogen) atoms. The van der Waals surface area contributed by atoms with Crippen molar-refractivity contribution in [2.24, 2.45) is 23.2 Å². The van der Waals surface area contributed by atoms with Crippen LogP contribution in [0.2, 0.25) is 0 Å². The van der Waals surface area contributed by atoms with Gasteiger partial charge in [0.25, 0.3) is 0 Å². The first-order chi connectivity index (χ1) is 9.32. The fourth-order valence-electron chi connectivity index (χ4n) is 3.31. The highest BCUT2D eigenvalue weighted by atomic mass is 14.9. The van der Waals surface area contributed by atoms with Gasteiger partial charge in [-0.25, -0.2) is 0 Å². The van der Waals surface area contributed by atoms with Crippen LogP contribution in [0.25, 0.3) is 0 Å². The molecule has 1 rings (SSSR count). The quantitative estimate of drug-likeness (QED) is 0.640. The van der Waals surface area contributed by atoms with Crippen LogP contribution in [0.1, 0.15) is 73.6 Å². The normalized spacial score (nSPS) is 25.2. The maximum Gasteiger partial charge on any atom is 0.0164 e. The van der Waals surface area contributed by atoms with E-state index in [0.29, 0.717) is 5.41 Å². The first kappa shape index (κ1) is 17.8. The molecule has 0 heterocycles. The summed E-state index contributed by atoms with van der Waals surface area (Å²) >= 11 is 0. The highest BCUT2D eigenvalue weighted by Crippen LogP contribution is 2.40. The van der Waals surface area contributed by atoms with Crippen molar-refractivity contribution < 1.29 is 0 Å². The zero-order valence-electron chi connectivity index (χ0n) is 14.8. The predicted octanol–water partition coefficient (Wildman–Crippen LogP) is 5.42. The van der Waals surface area contributed by atoms with Gasteiger partial charge in [0.1, 0.15) is 0 Å². The van der Waals surface area contributed by atoms with Crippen molar-refractivity contribution in [3.63, 3.8) is 0 Å². The second kappa shape index (κ2) is 8.22. The molecule has 0 unspecified atom stereocenters. The lowest BCUT2D eigenvalue weighted by molar-refractivity contribution is 0.162. The van der Waals surface area contributed by atoms with E-state index in [-0.39, 0.29) is 0 Å². The van der Waals surface area contributed by atoms with Gasteiger partial charge in [-0.1, -0.05) is 53.2 Å². The van der Waals surface area contributed by atoms with E-state index >= 15 is 0 Å². The van der Waals surface area contributed by atoms with E-state index < -0.39 is 0 Å². The molecule has 1 nitrogen and oxygen atoms in total. The van der Waals surface area contributed by atoms with Crippen molar-refractivity contribution >= 4 is 0 Å². The Labute approximate surface area is 127 Å². The lowest BCUT2D eigenvalue weighted by Crippen LogP contribution is -2.26. The van der Waals surface area contributed by atoms with Crippen LogP contribution >= 0.6 is 0 Å². The van der Waals surface area contributed by atoms with E-state index in [4.69, 9.17) is 0 Å². The van der Waals surface area contributed by atoms with E-state index in [0.717, 1.165) is 30.8 Å². The van der Waals surface area contributed by atoms with E-state index in [1.54, 1.807) is 5.57 Å². The zero-order valence-corrected chi connectivity index (χ0v) is 14.8. The molecule has 0 saturated heterocycles. The van der Waals surface area contributed by atoms with E-state index in [9.17, 15) is 0 Å². The maximum absolute atomic E-state index is 3.59. The predicted molar refractivity (Wildman–Crippen MR) is 91.0 cm³/mol. The van der Waals surface area contributed by atoms with Crippen LogP contribution in [-0.2, 0) is 0 Å². The molecule has 0 aromatic carbocycles. The molecule has 0 aromatic rings. The molecule has 1 aliphatic rings. The number of hydrogen-bond acceptors (Lipinski definition) is 1. The van der Waals surface area contributed by atoms with Gasteiger partial charge in [-0.2, -0.15) is 0 Å². The van der Waals surface area contributed by atoms with Gasteiger partial charge < -0.3 is 5.32 Å². The molecule has 1 aliphatic carbocycles. The van der Waals surface area contributed by atoms with Gasteiger partial charge in [-0.05, 0) is 61.8 Å². The van der Waals surface area contributed by atoms with Gasteiger partial charge in [-0.3, -0.25) is 0 Å². The second-order valence-electron chi connectivity index (χ2n) is 8.18. The fourth-order valence-corrected chi connectivity index (χ4v) is 3.31. The lowest BCUT2D eigenvalue weighted by Gasteiger charge is -2.36. The monoisotopic (exact) mass is 279 g/mol. The van der Waals surface area contributed by atoms with Crippen molar-refractivity contribution in [2.75, 3.05) is 13.1 Å². The third-order valence-corrected chi connectivity index (χ3v) is 4.83. The van der Waals surface area contributed by atoms with Gasteiger partial charge in [-0.15, -0.1) is 0 Å². The number of rotatable bonds is 6. The number of allylic oxidation sites excluding steroid dienone is 1. The minimum absolute atomic E-state index is 0.501. The average Bonchev–Trinajstić information content (AvgIpc) is 2.36. The van der Waals surface area contributed by atoms with Crippen LogP contribution in [0.3, 0.4) is 0 Å². The summed E-state index contributed by atoms with van der Waals surface area (Å²) in [6.07, 6.45) is 9.42. The minimum Gasteiger partial charge on any atom is -0.313 e. The summed E-state index contributed by atoms with van der Waals surface area (Å²) in [7, 11) is 0. The molecule has 1 N–H and O–H groups in total. The first-order valence-electron chi connectivity index (χ1n) is 8.73. The van der Waals surface area contributed by atoms with Crippen molar-refractivity contribution in [1.82, 2.24) is 5.32 Å². The van der Waals surface area contributed by atoms with Crippen LogP contribution in [-0.4, -0.2) is 13.1 Å². The maximum atomic E-state index is 3.59. The summed E-state index contributed by atoms with van der Waals surface area (Å²) in [4.78, 5) is 0. The molecular weight excluding hydrogens is 242 g/mol. The zero-order chi connectivity index (χ0) is 15.2. The van der Waals surface area contributed by atoms with Crippen molar-refractivity contribution in [2.45, 2.75) is 73.6 Å². The molecular formula is C19H37N.